The van der Waals surface area contributed by atoms with Crippen LogP contribution < -0.4 is 15.5 Å². The minimum Gasteiger partial charge on any atom is -0.357 e. The number of nitrogens with zero attached hydrogens (tertiary/aromatic N) is 2. The van der Waals surface area contributed by atoms with Gasteiger partial charge < -0.3 is 10.6 Å². The van der Waals surface area contributed by atoms with E-state index in [0.29, 0.717) is 63.9 Å². The number of halogens is 2. The normalized spacial score (nSPS) is 17.9. The van der Waals surface area contributed by atoms with E-state index in [1.165, 1.54) is 11.8 Å². The number of pyridine rings is 1. The predicted molar refractivity (Wildman–Crippen MR) is 158 cm³/mol. The molecule has 1 atom stereocenters. The second-order valence-electron chi connectivity index (χ2n) is 11.0. The van der Waals surface area contributed by atoms with Crippen LogP contribution >= 0.6 is 23.2 Å². The zero-order valence-corrected chi connectivity index (χ0v) is 24.1. The molecular formula is C31H30Cl2N4O3. The molecule has 2 amide bonds. The zero-order chi connectivity index (χ0) is 28.6. The zero-order valence-electron chi connectivity index (χ0n) is 22.6. The van der Waals surface area contributed by atoms with Gasteiger partial charge in [-0.2, -0.15) is 0 Å². The van der Waals surface area contributed by atoms with E-state index in [1.807, 2.05) is 32.0 Å². The molecule has 0 spiro atoms. The van der Waals surface area contributed by atoms with Crippen molar-refractivity contribution in [1.82, 2.24) is 10.3 Å². The number of fused-ring (bicyclic) bond motifs is 1. The van der Waals surface area contributed by atoms with Gasteiger partial charge in [-0.25, -0.2) is 0 Å². The van der Waals surface area contributed by atoms with Crippen molar-refractivity contribution in [2.24, 2.45) is 5.41 Å². The Morgan fingerprint density at radius 3 is 2.55 bits per heavy atom. The van der Waals surface area contributed by atoms with Gasteiger partial charge in [0.25, 0.3) is 5.91 Å². The smallest absolute Gasteiger partial charge is 0.253 e. The molecule has 0 radical (unpaired) electrons. The van der Waals surface area contributed by atoms with Crippen molar-refractivity contribution in [3.05, 3.63) is 98.9 Å². The van der Waals surface area contributed by atoms with Gasteiger partial charge in [0.1, 0.15) is 0 Å². The number of hydrogen-bond acceptors (Lipinski definition) is 5. The molecule has 0 fully saturated rings. The summed E-state index contributed by atoms with van der Waals surface area (Å²) in [5.74, 6) is -0.730. The Labute approximate surface area is 243 Å². The molecule has 2 aromatic carbocycles. The number of ketones is 1. The van der Waals surface area contributed by atoms with E-state index >= 15 is 0 Å². The number of benzene rings is 2. The second kappa shape index (κ2) is 11.1. The Bertz CT molecular complexity index is 1530. The lowest BCUT2D eigenvalue weighted by Crippen LogP contribution is -2.39. The van der Waals surface area contributed by atoms with Gasteiger partial charge in [0.05, 0.1) is 23.0 Å². The molecule has 1 unspecified atom stereocenters. The summed E-state index contributed by atoms with van der Waals surface area (Å²) >= 11 is 12.9. The largest absolute Gasteiger partial charge is 0.357 e. The van der Waals surface area contributed by atoms with Crippen molar-refractivity contribution in [2.45, 2.75) is 46.1 Å². The number of hydrogen-bond donors (Lipinski definition) is 2. The van der Waals surface area contributed by atoms with Crippen LogP contribution in [0.1, 0.15) is 61.1 Å². The quantitative estimate of drug-likeness (QED) is 0.360. The first kappa shape index (κ1) is 27.9. The SMILES string of the molecule is CC(=O)N1c2c(cccc2C(=O)NCCc2ccncc2)NC2=C(C(=O)CC(C)(C)C2)C1c1ccc(Cl)cc1Cl. The molecule has 2 heterocycles. The van der Waals surface area contributed by atoms with Crippen LogP contribution in [-0.2, 0) is 16.0 Å². The summed E-state index contributed by atoms with van der Waals surface area (Å²) in [4.78, 5) is 46.5. The highest BCUT2D eigenvalue weighted by atomic mass is 35.5. The van der Waals surface area contributed by atoms with Gasteiger partial charge >= 0.3 is 0 Å². The number of para-hydroxylation sites is 1. The summed E-state index contributed by atoms with van der Waals surface area (Å²) in [5.41, 5.74) is 3.79. The van der Waals surface area contributed by atoms with Crippen molar-refractivity contribution in [1.29, 1.82) is 0 Å². The second-order valence-corrected chi connectivity index (χ2v) is 11.8. The fraction of sp³-hybridized carbons (Fsp3) is 0.290. The lowest BCUT2D eigenvalue weighted by atomic mass is 9.73. The molecule has 9 heteroatoms. The van der Waals surface area contributed by atoms with E-state index in [4.69, 9.17) is 23.2 Å². The van der Waals surface area contributed by atoms with Crippen LogP contribution in [0.2, 0.25) is 10.0 Å². The van der Waals surface area contributed by atoms with E-state index in [1.54, 1.807) is 42.7 Å². The van der Waals surface area contributed by atoms with E-state index in [0.717, 1.165) is 11.3 Å². The van der Waals surface area contributed by atoms with Gasteiger partial charge in [0.15, 0.2) is 5.78 Å². The van der Waals surface area contributed by atoms with E-state index in [9.17, 15) is 14.4 Å². The number of carbonyl (C=O) groups is 3. The van der Waals surface area contributed by atoms with Crippen LogP contribution in [-0.4, -0.2) is 29.1 Å². The summed E-state index contributed by atoms with van der Waals surface area (Å²) in [5, 5.41) is 7.20. The fourth-order valence-corrected chi connectivity index (χ4v) is 6.11. The minimum atomic E-state index is -0.847. The minimum absolute atomic E-state index is 0.0721. The van der Waals surface area contributed by atoms with Gasteiger partial charge in [0.2, 0.25) is 5.91 Å². The van der Waals surface area contributed by atoms with Crippen molar-refractivity contribution in [2.75, 3.05) is 16.8 Å². The number of anilines is 2. The highest BCUT2D eigenvalue weighted by Crippen LogP contribution is 2.50. The van der Waals surface area contributed by atoms with Gasteiger partial charge in [-0.1, -0.05) is 49.2 Å². The topological polar surface area (TPSA) is 91.4 Å². The van der Waals surface area contributed by atoms with Crippen LogP contribution in [0.5, 0.6) is 0 Å². The molecule has 1 aliphatic heterocycles. The van der Waals surface area contributed by atoms with E-state index in [2.05, 4.69) is 15.6 Å². The monoisotopic (exact) mass is 576 g/mol. The van der Waals surface area contributed by atoms with E-state index < -0.39 is 6.04 Å². The highest BCUT2D eigenvalue weighted by molar-refractivity contribution is 6.35. The number of nitrogens with one attached hydrogen (secondary N) is 2. The van der Waals surface area contributed by atoms with Crippen molar-refractivity contribution < 1.29 is 14.4 Å². The molecule has 40 heavy (non-hydrogen) atoms. The molecule has 5 rings (SSSR count). The number of Topliss-reactive ketones (excluding diaryl/α,β-unsaturated/α-hetero) is 1. The molecular weight excluding hydrogens is 547 g/mol. The number of carbonyl (C=O) groups excluding carboxylic acids is 3. The Hall–Kier alpha value is -3.68. The molecule has 1 aliphatic carbocycles. The predicted octanol–water partition coefficient (Wildman–Crippen LogP) is 6.52. The van der Waals surface area contributed by atoms with Crippen LogP contribution in [0.4, 0.5) is 11.4 Å². The fourth-order valence-electron chi connectivity index (χ4n) is 5.59. The number of allylic oxidation sites excluding steroid dienone is 1. The first-order valence-corrected chi connectivity index (χ1v) is 13.9. The van der Waals surface area contributed by atoms with Gasteiger partial charge in [0, 0.05) is 53.6 Å². The molecule has 2 N–H and O–H groups in total. The number of aromatic nitrogens is 1. The third-order valence-corrected chi connectivity index (χ3v) is 7.87. The summed E-state index contributed by atoms with van der Waals surface area (Å²) in [6, 6.07) is 13.3. The number of rotatable bonds is 5. The summed E-state index contributed by atoms with van der Waals surface area (Å²) < 4.78 is 0. The average molecular weight is 578 g/mol. The molecule has 1 aromatic heterocycles. The van der Waals surface area contributed by atoms with Gasteiger partial charge in [-0.15, -0.1) is 0 Å². The van der Waals surface area contributed by atoms with Crippen molar-refractivity contribution in [3.63, 3.8) is 0 Å². The summed E-state index contributed by atoms with van der Waals surface area (Å²) in [6.45, 7) is 5.92. The molecule has 2 aliphatic rings. The van der Waals surface area contributed by atoms with Crippen LogP contribution in [0.25, 0.3) is 0 Å². The lowest BCUT2D eigenvalue weighted by molar-refractivity contribution is -0.118. The first-order valence-electron chi connectivity index (χ1n) is 13.1. The molecule has 7 nitrogen and oxygen atoms in total. The maximum atomic E-state index is 13.8. The Morgan fingerprint density at radius 2 is 1.85 bits per heavy atom. The molecule has 0 saturated carbocycles. The van der Waals surface area contributed by atoms with Gasteiger partial charge in [-0.05, 0) is 65.8 Å². The third-order valence-electron chi connectivity index (χ3n) is 7.30. The summed E-state index contributed by atoms with van der Waals surface area (Å²) in [7, 11) is 0. The lowest BCUT2D eigenvalue weighted by Gasteiger charge is -2.37. The Balaban J connectivity index is 1.64. The Kier molecular flexibility index (Phi) is 7.71. The van der Waals surface area contributed by atoms with Crippen LogP contribution in [0.15, 0.2) is 72.2 Å². The first-order chi connectivity index (χ1) is 19.1. The molecule has 0 saturated heterocycles. The standard InChI is InChI=1S/C31H30Cl2N4O3/c1-18(38)37-28-22(30(40)35-14-11-19-9-12-34-13-10-19)5-4-6-24(28)36-25-16-31(2,3)17-26(39)27(25)29(37)21-8-7-20(32)15-23(21)33/h4-10,12-13,15,29,36H,11,14,16-17H2,1-3H3,(H,35,40). The van der Waals surface area contributed by atoms with Crippen LogP contribution in [0.3, 0.4) is 0 Å². The summed E-state index contributed by atoms with van der Waals surface area (Å²) in [6.07, 6.45) is 4.96. The number of amides is 2. The molecule has 0 bridgehead atoms. The molecule has 206 valence electrons. The Morgan fingerprint density at radius 1 is 1.10 bits per heavy atom. The maximum absolute atomic E-state index is 13.8. The highest BCUT2D eigenvalue weighted by Gasteiger charge is 2.44. The molecule has 3 aromatic rings. The van der Waals surface area contributed by atoms with Crippen LogP contribution in [0, 0.1) is 5.41 Å². The maximum Gasteiger partial charge on any atom is 0.253 e. The third kappa shape index (κ3) is 5.49. The van der Waals surface area contributed by atoms with Crippen molar-refractivity contribution in [3.8, 4) is 0 Å². The van der Waals surface area contributed by atoms with Gasteiger partial charge in [-0.3, -0.25) is 24.3 Å². The van der Waals surface area contributed by atoms with E-state index in [-0.39, 0.29) is 23.0 Å². The average Bonchev–Trinajstić information content (AvgIpc) is 3.02. The van der Waals surface area contributed by atoms with Crippen molar-refractivity contribution >= 4 is 52.2 Å².